The van der Waals surface area contributed by atoms with E-state index in [-0.39, 0.29) is 0 Å². The summed E-state index contributed by atoms with van der Waals surface area (Å²) in [6.07, 6.45) is 1.14. The van der Waals surface area contributed by atoms with Crippen LogP contribution in [0.2, 0.25) is 0 Å². The zero-order chi connectivity index (χ0) is 9.84. The molecule has 1 aliphatic heterocycles. The maximum absolute atomic E-state index is 5.59. The first-order valence-corrected chi connectivity index (χ1v) is 5.20. The molecule has 1 aliphatic rings. The summed E-state index contributed by atoms with van der Waals surface area (Å²) in [5.41, 5.74) is 2.95. The fourth-order valence-electron chi connectivity index (χ4n) is 1.97. The Morgan fingerprint density at radius 1 is 1.38 bits per heavy atom. The molecule has 0 saturated carbocycles. The van der Waals surface area contributed by atoms with Crippen molar-refractivity contribution < 1.29 is 4.74 Å². The molecule has 0 radical (unpaired) electrons. The smallest absolute Gasteiger partial charge is 0.0510 e. The topological polar surface area (TPSA) is 47.3 Å². The van der Waals surface area contributed by atoms with E-state index in [0.717, 1.165) is 19.6 Å². The summed E-state index contributed by atoms with van der Waals surface area (Å²) in [4.78, 5) is 0. The summed E-state index contributed by atoms with van der Waals surface area (Å²) < 4.78 is 5.37. The number of hydrazine groups is 1. The molecular weight excluding hydrogens is 164 g/mol. The third-order valence-corrected chi connectivity index (χ3v) is 3.28. The van der Waals surface area contributed by atoms with Crippen LogP contribution in [0.15, 0.2) is 0 Å². The zero-order valence-electron chi connectivity index (χ0n) is 8.92. The van der Waals surface area contributed by atoms with E-state index in [1.165, 1.54) is 0 Å². The van der Waals surface area contributed by atoms with Crippen molar-refractivity contribution in [3.63, 3.8) is 0 Å². The second-order valence-electron chi connectivity index (χ2n) is 4.42. The van der Waals surface area contributed by atoms with Crippen molar-refractivity contribution in [1.29, 1.82) is 0 Å². The second kappa shape index (κ2) is 4.94. The number of ether oxygens (including phenoxy) is 1. The van der Waals surface area contributed by atoms with Gasteiger partial charge in [-0.15, -0.1) is 0 Å². The van der Waals surface area contributed by atoms with Crippen molar-refractivity contribution in [2.24, 2.45) is 23.6 Å². The average molecular weight is 186 g/mol. The standard InChI is InChI=1S/C10H22N2O/c1-7(2)8(3)10(12-11)9-4-5-13-6-9/h7-10,12H,4-6,11H2,1-3H3. The van der Waals surface area contributed by atoms with Crippen molar-refractivity contribution in [3.05, 3.63) is 0 Å². The van der Waals surface area contributed by atoms with E-state index >= 15 is 0 Å². The van der Waals surface area contributed by atoms with Crippen LogP contribution in [0, 0.1) is 17.8 Å². The van der Waals surface area contributed by atoms with Crippen molar-refractivity contribution in [3.8, 4) is 0 Å². The van der Waals surface area contributed by atoms with Crippen LogP contribution in [0.1, 0.15) is 27.2 Å². The van der Waals surface area contributed by atoms with Crippen molar-refractivity contribution in [2.75, 3.05) is 13.2 Å². The van der Waals surface area contributed by atoms with Gasteiger partial charge in [0.2, 0.25) is 0 Å². The van der Waals surface area contributed by atoms with Crippen molar-refractivity contribution >= 4 is 0 Å². The first-order valence-electron chi connectivity index (χ1n) is 5.20. The highest BCUT2D eigenvalue weighted by Gasteiger charge is 2.30. The van der Waals surface area contributed by atoms with Crippen LogP contribution in [0.3, 0.4) is 0 Å². The molecule has 3 N–H and O–H groups in total. The highest BCUT2D eigenvalue weighted by Crippen LogP contribution is 2.25. The summed E-state index contributed by atoms with van der Waals surface area (Å²) in [6, 6.07) is 0.405. The van der Waals surface area contributed by atoms with E-state index in [2.05, 4.69) is 26.2 Å². The lowest BCUT2D eigenvalue weighted by atomic mass is 9.83. The summed E-state index contributed by atoms with van der Waals surface area (Å²) in [5, 5.41) is 0. The van der Waals surface area contributed by atoms with Gasteiger partial charge in [-0.25, -0.2) is 0 Å². The van der Waals surface area contributed by atoms with Gasteiger partial charge < -0.3 is 4.74 Å². The molecule has 78 valence electrons. The number of hydrogen-bond donors (Lipinski definition) is 2. The third kappa shape index (κ3) is 2.66. The molecule has 0 aromatic carbocycles. The maximum Gasteiger partial charge on any atom is 0.0510 e. The predicted octanol–water partition coefficient (Wildman–Crippen LogP) is 1.15. The number of nitrogens with two attached hydrogens (primary N) is 1. The number of nitrogens with one attached hydrogen (secondary N) is 1. The van der Waals surface area contributed by atoms with Crippen LogP contribution in [-0.2, 0) is 4.74 Å². The van der Waals surface area contributed by atoms with Gasteiger partial charge >= 0.3 is 0 Å². The Kier molecular flexibility index (Phi) is 4.16. The third-order valence-electron chi connectivity index (χ3n) is 3.28. The highest BCUT2D eigenvalue weighted by atomic mass is 16.5. The van der Waals surface area contributed by atoms with E-state index in [1.807, 2.05) is 0 Å². The molecule has 13 heavy (non-hydrogen) atoms. The Hall–Kier alpha value is -0.120. The van der Waals surface area contributed by atoms with Gasteiger partial charge in [0.1, 0.15) is 0 Å². The maximum atomic E-state index is 5.59. The lowest BCUT2D eigenvalue weighted by Gasteiger charge is -2.30. The average Bonchev–Trinajstić information content (AvgIpc) is 2.58. The molecule has 3 nitrogen and oxygen atoms in total. The Morgan fingerprint density at radius 3 is 2.46 bits per heavy atom. The minimum atomic E-state index is 0.405. The van der Waals surface area contributed by atoms with Gasteiger partial charge in [-0.2, -0.15) is 0 Å². The fraction of sp³-hybridized carbons (Fsp3) is 1.00. The van der Waals surface area contributed by atoms with Crippen LogP contribution in [-0.4, -0.2) is 19.3 Å². The van der Waals surface area contributed by atoms with Crippen LogP contribution in [0.5, 0.6) is 0 Å². The fourth-order valence-corrected chi connectivity index (χ4v) is 1.97. The largest absolute Gasteiger partial charge is 0.381 e. The lowest BCUT2D eigenvalue weighted by molar-refractivity contribution is 0.157. The Bertz CT molecular complexity index is 142. The van der Waals surface area contributed by atoms with E-state index < -0.39 is 0 Å². The summed E-state index contributed by atoms with van der Waals surface area (Å²) >= 11 is 0. The van der Waals surface area contributed by atoms with Crippen molar-refractivity contribution in [1.82, 2.24) is 5.43 Å². The van der Waals surface area contributed by atoms with Crippen molar-refractivity contribution in [2.45, 2.75) is 33.2 Å². The molecule has 1 heterocycles. The minimum absolute atomic E-state index is 0.405. The summed E-state index contributed by atoms with van der Waals surface area (Å²) in [5.74, 6) is 7.46. The van der Waals surface area contributed by atoms with E-state index in [4.69, 9.17) is 10.6 Å². The minimum Gasteiger partial charge on any atom is -0.381 e. The molecule has 0 aromatic rings. The second-order valence-corrected chi connectivity index (χ2v) is 4.42. The van der Waals surface area contributed by atoms with Gasteiger partial charge in [-0.1, -0.05) is 20.8 Å². The zero-order valence-corrected chi connectivity index (χ0v) is 8.92. The molecule has 1 fully saturated rings. The Balaban J connectivity index is 2.49. The molecular formula is C10H22N2O. The molecule has 0 bridgehead atoms. The Morgan fingerprint density at radius 2 is 2.08 bits per heavy atom. The summed E-state index contributed by atoms with van der Waals surface area (Å²) in [6.45, 7) is 8.50. The number of hydrogen-bond acceptors (Lipinski definition) is 3. The number of rotatable bonds is 4. The molecule has 3 heteroatoms. The van der Waals surface area contributed by atoms with Gasteiger partial charge in [0.15, 0.2) is 0 Å². The lowest BCUT2D eigenvalue weighted by Crippen LogP contribution is -2.47. The molecule has 0 aliphatic carbocycles. The van der Waals surface area contributed by atoms with E-state index in [9.17, 15) is 0 Å². The molecule has 3 atom stereocenters. The molecule has 1 saturated heterocycles. The highest BCUT2D eigenvalue weighted by molar-refractivity contribution is 4.83. The normalized spacial score (nSPS) is 27.9. The van der Waals surface area contributed by atoms with Gasteiger partial charge in [0.25, 0.3) is 0 Å². The molecule has 3 unspecified atom stereocenters. The van der Waals surface area contributed by atoms with Crippen LogP contribution in [0.25, 0.3) is 0 Å². The van der Waals surface area contributed by atoms with Gasteiger partial charge in [0, 0.05) is 18.6 Å². The monoisotopic (exact) mass is 186 g/mol. The van der Waals surface area contributed by atoms with Crippen LogP contribution in [0.4, 0.5) is 0 Å². The molecule has 0 amide bonds. The molecule has 0 spiro atoms. The predicted molar refractivity (Wildman–Crippen MR) is 54.0 cm³/mol. The van der Waals surface area contributed by atoms with Gasteiger partial charge in [0.05, 0.1) is 6.61 Å². The van der Waals surface area contributed by atoms with Crippen LogP contribution >= 0.6 is 0 Å². The SMILES string of the molecule is CC(C)C(C)C(NN)C1CCOC1. The van der Waals surface area contributed by atoms with Crippen LogP contribution < -0.4 is 11.3 Å². The van der Waals surface area contributed by atoms with E-state index in [1.54, 1.807) is 0 Å². The van der Waals surface area contributed by atoms with Gasteiger partial charge in [-0.3, -0.25) is 11.3 Å². The molecule has 1 rings (SSSR count). The first kappa shape index (κ1) is 11.0. The summed E-state index contributed by atoms with van der Waals surface area (Å²) in [7, 11) is 0. The molecule has 0 aromatic heterocycles. The Labute approximate surface area is 81.0 Å². The van der Waals surface area contributed by atoms with Gasteiger partial charge in [-0.05, 0) is 18.3 Å². The first-order chi connectivity index (χ1) is 6.16. The van der Waals surface area contributed by atoms with E-state index in [0.29, 0.717) is 23.8 Å². The quantitative estimate of drug-likeness (QED) is 0.511.